The van der Waals surface area contributed by atoms with Crippen LogP contribution in [0.5, 0.6) is 5.75 Å². The zero-order valence-electron chi connectivity index (χ0n) is 17.5. The Labute approximate surface area is 201 Å². The molecule has 1 aliphatic heterocycles. The molecule has 4 aromatic rings. The first-order valence-corrected chi connectivity index (χ1v) is 11.2. The summed E-state index contributed by atoms with van der Waals surface area (Å²) in [6.07, 6.45) is 3.05. The summed E-state index contributed by atoms with van der Waals surface area (Å²) in [5.41, 5.74) is 1.19. The molecule has 5 rings (SSSR count). The van der Waals surface area contributed by atoms with Gasteiger partial charge in [-0.25, -0.2) is 9.37 Å². The van der Waals surface area contributed by atoms with Crippen molar-refractivity contribution in [1.29, 1.82) is 0 Å². The average Bonchev–Trinajstić information content (AvgIpc) is 3.37. The second-order valence-corrected chi connectivity index (χ2v) is 8.82. The van der Waals surface area contributed by atoms with E-state index in [1.165, 1.54) is 36.5 Å². The molecule has 1 atom stereocenters. The van der Waals surface area contributed by atoms with E-state index in [2.05, 4.69) is 9.97 Å². The van der Waals surface area contributed by atoms with Crippen molar-refractivity contribution in [3.63, 3.8) is 0 Å². The van der Waals surface area contributed by atoms with Crippen molar-refractivity contribution in [3.8, 4) is 5.75 Å². The van der Waals surface area contributed by atoms with E-state index >= 15 is 0 Å². The van der Waals surface area contributed by atoms with Crippen LogP contribution in [0, 0.1) is 5.82 Å². The van der Waals surface area contributed by atoms with Crippen LogP contribution in [0.4, 0.5) is 9.52 Å². The molecule has 0 radical (unpaired) electrons. The van der Waals surface area contributed by atoms with E-state index in [1.54, 1.807) is 36.4 Å². The van der Waals surface area contributed by atoms with Crippen LogP contribution in [-0.2, 0) is 9.59 Å². The minimum atomic E-state index is -0.967. The molecule has 2 aromatic carbocycles. The molecule has 7 nitrogen and oxygen atoms in total. The molecule has 0 spiro atoms. The van der Waals surface area contributed by atoms with Gasteiger partial charge in [-0.1, -0.05) is 22.9 Å². The van der Waals surface area contributed by atoms with E-state index in [1.807, 2.05) is 0 Å². The van der Waals surface area contributed by atoms with Crippen LogP contribution >= 0.6 is 22.9 Å². The number of aromatic nitrogens is 2. The second-order valence-electron chi connectivity index (χ2n) is 7.41. The van der Waals surface area contributed by atoms with Crippen molar-refractivity contribution in [2.24, 2.45) is 0 Å². The molecular formula is C24H15ClFN3O4S. The highest BCUT2D eigenvalue weighted by Crippen LogP contribution is 2.44. The van der Waals surface area contributed by atoms with E-state index in [0.29, 0.717) is 27.1 Å². The molecule has 0 saturated carbocycles. The predicted molar refractivity (Wildman–Crippen MR) is 127 cm³/mol. The summed E-state index contributed by atoms with van der Waals surface area (Å²) in [6, 6.07) is 11.4. The Kier molecular flexibility index (Phi) is 5.51. The van der Waals surface area contributed by atoms with Gasteiger partial charge in [-0.2, -0.15) is 0 Å². The van der Waals surface area contributed by atoms with Gasteiger partial charge in [0.1, 0.15) is 17.3 Å². The number of halogens is 2. The van der Waals surface area contributed by atoms with Crippen LogP contribution in [0.3, 0.4) is 0 Å². The number of methoxy groups -OCH3 is 1. The first-order chi connectivity index (χ1) is 16.4. The Morgan fingerprint density at radius 1 is 1.15 bits per heavy atom. The van der Waals surface area contributed by atoms with E-state index in [-0.39, 0.29) is 21.5 Å². The van der Waals surface area contributed by atoms with E-state index in [0.717, 1.165) is 11.3 Å². The largest absolute Gasteiger partial charge is 0.507 e. The van der Waals surface area contributed by atoms with Crippen molar-refractivity contribution in [2.45, 2.75) is 6.04 Å². The first kappa shape index (κ1) is 22.0. The lowest BCUT2D eigenvalue weighted by atomic mass is 9.96. The zero-order chi connectivity index (χ0) is 24.0. The van der Waals surface area contributed by atoms with Crippen LogP contribution in [-0.4, -0.2) is 33.9 Å². The lowest BCUT2D eigenvalue weighted by Gasteiger charge is -2.22. The molecule has 2 aromatic heterocycles. The van der Waals surface area contributed by atoms with Gasteiger partial charge in [0.25, 0.3) is 5.78 Å². The van der Waals surface area contributed by atoms with Gasteiger partial charge >= 0.3 is 5.91 Å². The highest BCUT2D eigenvalue weighted by molar-refractivity contribution is 7.22. The topological polar surface area (TPSA) is 92.6 Å². The number of aliphatic hydroxyl groups is 1. The first-order valence-electron chi connectivity index (χ1n) is 10.00. The summed E-state index contributed by atoms with van der Waals surface area (Å²) >= 11 is 6.93. The van der Waals surface area contributed by atoms with Gasteiger partial charge in [-0.3, -0.25) is 19.5 Å². The minimum absolute atomic E-state index is 0.0927. The Hall–Kier alpha value is -3.82. The second kappa shape index (κ2) is 8.51. The minimum Gasteiger partial charge on any atom is -0.507 e. The lowest BCUT2D eigenvalue weighted by molar-refractivity contribution is -0.132. The highest BCUT2D eigenvalue weighted by atomic mass is 35.5. The average molecular weight is 496 g/mol. The van der Waals surface area contributed by atoms with Gasteiger partial charge in [0, 0.05) is 18.0 Å². The number of carbonyl (C=O) groups is 2. The fourth-order valence-corrected chi connectivity index (χ4v) is 4.97. The molecule has 3 heterocycles. The van der Waals surface area contributed by atoms with Crippen LogP contribution < -0.4 is 9.64 Å². The van der Waals surface area contributed by atoms with Crippen LogP contribution in [0.1, 0.15) is 17.2 Å². The molecule has 1 amide bonds. The van der Waals surface area contributed by atoms with Crippen LogP contribution in [0.25, 0.3) is 16.0 Å². The molecule has 1 unspecified atom stereocenters. The SMILES string of the molecule is COc1ccc(/C(O)=C2\C(=O)C(=O)N(c3nc4cc(Cl)c(F)cc4s3)C2c2ccncc2)cc1. The summed E-state index contributed by atoms with van der Waals surface area (Å²) in [5, 5.41) is 11.2. The van der Waals surface area contributed by atoms with E-state index < -0.39 is 23.5 Å². The molecule has 0 aliphatic carbocycles. The van der Waals surface area contributed by atoms with Gasteiger partial charge in [0.15, 0.2) is 5.13 Å². The summed E-state index contributed by atoms with van der Waals surface area (Å²) in [4.78, 5) is 36.0. The molecule has 0 bridgehead atoms. The normalized spacial score (nSPS) is 17.5. The lowest BCUT2D eigenvalue weighted by Crippen LogP contribution is -2.29. The number of rotatable bonds is 4. The van der Waals surface area contributed by atoms with Crippen molar-refractivity contribution >= 4 is 55.7 Å². The third kappa shape index (κ3) is 3.59. The fraction of sp³-hybridized carbons (Fsp3) is 0.0833. The quantitative estimate of drug-likeness (QED) is 0.240. The molecule has 1 saturated heterocycles. The molecule has 1 fully saturated rings. The number of anilines is 1. The van der Waals surface area contributed by atoms with Gasteiger partial charge in [-0.15, -0.1) is 0 Å². The molecular weight excluding hydrogens is 481 g/mol. The Morgan fingerprint density at radius 3 is 2.53 bits per heavy atom. The molecule has 1 N–H and O–H groups in total. The number of benzene rings is 2. The number of ether oxygens (including phenoxy) is 1. The Balaban J connectivity index is 1.70. The number of ketones is 1. The smallest absolute Gasteiger partial charge is 0.301 e. The third-order valence-corrected chi connectivity index (χ3v) is 6.76. The fourth-order valence-electron chi connectivity index (χ4n) is 3.81. The van der Waals surface area contributed by atoms with Gasteiger partial charge in [0.2, 0.25) is 0 Å². The van der Waals surface area contributed by atoms with Crippen LogP contribution in [0.2, 0.25) is 5.02 Å². The highest BCUT2D eigenvalue weighted by Gasteiger charge is 2.48. The predicted octanol–water partition coefficient (Wildman–Crippen LogP) is 5.12. The maximum atomic E-state index is 14.0. The van der Waals surface area contributed by atoms with Crippen LogP contribution in [0.15, 0.2) is 66.5 Å². The van der Waals surface area contributed by atoms with E-state index in [9.17, 15) is 19.1 Å². The third-order valence-electron chi connectivity index (χ3n) is 5.46. The van der Waals surface area contributed by atoms with Gasteiger partial charge < -0.3 is 9.84 Å². The van der Waals surface area contributed by atoms with E-state index in [4.69, 9.17) is 16.3 Å². The number of hydrogen-bond acceptors (Lipinski definition) is 7. The molecule has 34 heavy (non-hydrogen) atoms. The van der Waals surface area contributed by atoms with Crippen molar-refractivity contribution in [3.05, 3.63) is 88.5 Å². The number of aliphatic hydroxyl groups excluding tert-OH is 1. The number of pyridine rings is 1. The molecule has 10 heteroatoms. The monoisotopic (exact) mass is 495 g/mol. The van der Waals surface area contributed by atoms with Crippen molar-refractivity contribution in [2.75, 3.05) is 12.0 Å². The molecule has 170 valence electrons. The Bertz CT molecular complexity index is 1430. The Morgan fingerprint density at radius 2 is 1.85 bits per heavy atom. The van der Waals surface area contributed by atoms with Crippen molar-refractivity contribution < 1.29 is 23.8 Å². The summed E-state index contributed by atoms with van der Waals surface area (Å²) in [5.74, 6) is -2.10. The summed E-state index contributed by atoms with van der Waals surface area (Å²) in [7, 11) is 1.51. The maximum absolute atomic E-state index is 14.0. The number of amides is 1. The molecule has 1 aliphatic rings. The summed E-state index contributed by atoms with van der Waals surface area (Å²) < 4.78 is 19.6. The number of hydrogen-bond donors (Lipinski definition) is 1. The number of carbonyl (C=O) groups excluding carboxylic acids is 2. The number of fused-ring (bicyclic) bond motifs is 1. The zero-order valence-corrected chi connectivity index (χ0v) is 19.1. The number of thiazole rings is 1. The van der Waals surface area contributed by atoms with Crippen molar-refractivity contribution in [1.82, 2.24) is 9.97 Å². The summed E-state index contributed by atoms with van der Waals surface area (Å²) in [6.45, 7) is 0. The number of nitrogens with zero attached hydrogens (tertiary/aromatic N) is 3. The van der Waals surface area contributed by atoms with Gasteiger partial charge in [-0.05, 0) is 54.1 Å². The maximum Gasteiger partial charge on any atom is 0.301 e. The number of Topliss-reactive ketones (excluding diaryl/α,β-unsaturated/α-hetero) is 1. The standard InChI is InChI=1S/C24H15ClFN3O4S/c1-33-14-4-2-13(3-5-14)21(30)19-20(12-6-8-27-9-7-12)29(23(32)22(19)31)24-28-17-10-15(25)16(26)11-18(17)34-24/h2-11,20,30H,1H3/b21-19+. The van der Waals surface area contributed by atoms with Gasteiger partial charge in [0.05, 0.1) is 34.0 Å².